The summed E-state index contributed by atoms with van der Waals surface area (Å²) in [6.07, 6.45) is 3.18. The van der Waals surface area contributed by atoms with Crippen molar-refractivity contribution in [1.82, 2.24) is 9.88 Å². The molecule has 1 aliphatic rings. The number of hydrogen-bond donors (Lipinski definition) is 0. The fourth-order valence-corrected chi connectivity index (χ4v) is 4.82. The third kappa shape index (κ3) is 3.97. The van der Waals surface area contributed by atoms with Crippen molar-refractivity contribution in [2.24, 2.45) is 5.18 Å². The quantitative estimate of drug-likeness (QED) is 0.320. The third-order valence-electron chi connectivity index (χ3n) is 5.40. The van der Waals surface area contributed by atoms with Crippen molar-refractivity contribution in [2.45, 2.75) is 19.4 Å². The highest BCUT2D eigenvalue weighted by Gasteiger charge is 2.20. The lowest BCUT2D eigenvalue weighted by Gasteiger charge is -2.15. The van der Waals surface area contributed by atoms with Gasteiger partial charge in [-0.1, -0.05) is 24.3 Å². The van der Waals surface area contributed by atoms with Gasteiger partial charge in [-0.05, 0) is 40.9 Å². The van der Waals surface area contributed by atoms with E-state index in [4.69, 9.17) is 4.74 Å². The molecule has 1 fully saturated rings. The number of aromatic nitrogens is 1. The van der Waals surface area contributed by atoms with Crippen LogP contribution in [0.3, 0.4) is 0 Å². The third-order valence-corrected chi connectivity index (χ3v) is 6.59. The Bertz CT molecular complexity index is 1320. The van der Waals surface area contributed by atoms with E-state index in [-0.39, 0.29) is 17.3 Å². The molecule has 1 aliphatic heterocycles. The summed E-state index contributed by atoms with van der Waals surface area (Å²) in [5.41, 5.74) is 2.88. The summed E-state index contributed by atoms with van der Waals surface area (Å²) in [5, 5.41) is 2.73. The van der Waals surface area contributed by atoms with E-state index in [0.717, 1.165) is 45.3 Å². The number of halogens is 1. The van der Waals surface area contributed by atoms with Crippen LogP contribution in [0.1, 0.15) is 18.4 Å². The Balaban J connectivity index is 1.40. The first-order chi connectivity index (χ1) is 15.6. The van der Waals surface area contributed by atoms with Gasteiger partial charge < -0.3 is 9.64 Å². The molecule has 0 saturated carbocycles. The Morgan fingerprint density at radius 3 is 2.66 bits per heavy atom. The lowest BCUT2D eigenvalue weighted by atomic mass is 10.1. The first kappa shape index (κ1) is 20.3. The largest absolute Gasteiger partial charge is 0.453 e. The maximum absolute atomic E-state index is 14.2. The van der Waals surface area contributed by atoms with Crippen molar-refractivity contribution in [3.63, 3.8) is 0 Å². The normalized spacial score (nSPS) is 13.7. The van der Waals surface area contributed by atoms with Crippen LogP contribution in [0.5, 0.6) is 11.5 Å². The Labute approximate surface area is 187 Å². The predicted octanol–water partition coefficient (Wildman–Crippen LogP) is 6.42. The average Bonchev–Trinajstić information content (AvgIpc) is 3.42. The van der Waals surface area contributed by atoms with Crippen molar-refractivity contribution in [3.8, 4) is 21.9 Å². The topological polar surface area (TPSA) is 71.9 Å². The van der Waals surface area contributed by atoms with Crippen molar-refractivity contribution in [1.29, 1.82) is 0 Å². The maximum atomic E-state index is 14.2. The van der Waals surface area contributed by atoms with Gasteiger partial charge in [0.2, 0.25) is 5.91 Å². The molecule has 0 N–H and O–H groups in total. The molecular weight excluding hydrogens is 429 g/mol. The van der Waals surface area contributed by atoms with Crippen LogP contribution < -0.4 is 4.74 Å². The van der Waals surface area contributed by atoms with Crippen LogP contribution >= 0.6 is 11.3 Å². The van der Waals surface area contributed by atoms with Crippen LogP contribution in [-0.2, 0) is 11.3 Å². The van der Waals surface area contributed by atoms with Crippen molar-refractivity contribution in [3.05, 3.63) is 77.1 Å². The zero-order valence-corrected chi connectivity index (χ0v) is 17.8. The average molecular weight is 447 g/mol. The Hall–Kier alpha value is -3.65. The molecule has 0 unspecified atom stereocenters. The Morgan fingerprint density at radius 1 is 1.09 bits per heavy atom. The highest BCUT2D eigenvalue weighted by atomic mass is 32.1. The number of amides is 1. The minimum atomic E-state index is -0.657. The zero-order chi connectivity index (χ0) is 22.1. The number of carbonyl (C=O) groups excluding carboxylic acids is 1. The number of thiophene rings is 1. The van der Waals surface area contributed by atoms with Gasteiger partial charge in [-0.25, -0.2) is 4.39 Å². The van der Waals surface area contributed by atoms with Gasteiger partial charge in [-0.2, -0.15) is 0 Å². The maximum Gasteiger partial charge on any atom is 0.222 e. The highest BCUT2D eigenvalue weighted by Crippen LogP contribution is 2.40. The fourth-order valence-electron chi connectivity index (χ4n) is 3.75. The Kier molecular flexibility index (Phi) is 5.36. The first-order valence-corrected chi connectivity index (χ1v) is 11.0. The highest BCUT2D eigenvalue weighted by molar-refractivity contribution is 7.22. The number of ether oxygens (including phenoxy) is 1. The van der Waals surface area contributed by atoms with E-state index in [1.165, 1.54) is 23.5 Å². The molecule has 5 rings (SSSR count). The van der Waals surface area contributed by atoms with Crippen LogP contribution in [0.25, 0.3) is 20.7 Å². The van der Waals surface area contributed by atoms with Gasteiger partial charge in [0.25, 0.3) is 0 Å². The molecule has 6 nitrogen and oxygen atoms in total. The van der Waals surface area contributed by atoms with Gasteiger partial charge in [0.05, 0.1) is 10.2 Å². The molecule has 8 heteroatoms. The van der Waals surface area contributed by atoms with E-state index >= 15 is 0 Å². The van der Waals surface area contributed by atoms with Crippen molar-refractivity contribution >= 4 is 33.1 Å². The lowest BCUT2D eigenvalue weighted by molar-refractivity contribution is -0.128. The van der Waals surface area contributed by atoms with Gasteiger partial charge in [0.1, 0.15) is 11.4 Å². The first-order valence-electron chi connectivity index (χ1n) is 10.2. The minimum Gasteiger partial charge on any atom is -0.453 e. The van der Waals surface area contributed by atoms with E-state index in [1.807, 2.05) is 35.2 Å². The van der Waals surface area contributed by atoms with Gasteiger partial charge in [0, 0.05) is 42.7 Å². The molecule has 3 heterocycles. The van der Waals surface area contributed by atoms with Crippen molar-refractivity contribution < 1.29 is 13.9 Å². The molecule has 0 radical (unpaired) electrons. The van der Waals surface area contributed by atoms with Crippen LogP contribution in [-0.4, -0.2) is 22.3 Å². The van der Waals surface area contributed by atoms with Crippen LogP contribution in [0.2, 0.25) is 0 Å². The molecule has 0 spiro atoms. The standard InChI is InChI=1S/C24H18FN3O3S/c25-18-12-17(27-30)7-8-20(18)31-21-9-10-26-19-13-22(32-24(19)21)16-5-3-15(4-6-16)14-28-11-1-2-23(28)29/h3-10,12-13H,1-2,11,14H2. The summed E-state index contributed by atoms with van der Waals surface area (Å²) >= 11 is 1.51. The number of nitroso groups, excluding NO2 is 1. The second kappa shape index (κ2) is 8.47. The molecule has 1 amide bonds. The number of pyridine rings is 1. The number of hydrogen-bond acceptors (Lipinski definition) is 6. The molecule has 4 aromatic rings. The lowest BCUT2D eigenvalue weighted by Crippen LogP contribution is -2.23. The van der Waals surface area contributed by atoms with Gasteiger partial charge in [-0.3, -0.25) is 9.78 Å². The zero-order valence-electron chi connectivity index (χ0n) is 17.0. The summed E-state index contributed by atoms with van der Waals surface area (Å²) in [7, 11) is 0. The van der Waals surface area contributed by atoms with Crippen LogP contribution in [0, 0.1) is 10.7 Å². The molecule has 32 heavy (non-hydrogen) atoms. The number of benzene rings is 2. The van der Waals surface area contributed by atoms with E-state index in [1.54, 1.807) is 12.3 Å². The van der Waals surface area contributed by atoms with E-state index in [9.17, 15) is 14.1 Å². The molecule has 1 saturated heterocycles. The van der Waals surface area contributed by atoms with Crippen LogP contribution in [0.4, 0.5) is 10.1 Å². The monoisotopic (exact) mass is 447 g/mol. The number of nitrogens with zero attached hydrogens (tertiary/aromatic N) is 3. The number of fused-ring (bicyclic) bond motifs is 1. The molecule has 0 aliphatic carbocycles. The number of likely N-dealkylation sites (tertiary alicyclic amines) is 1. The summed E-state index contributed by atoms with van der Waals surface area (Å²) in [5.74, 6) is 0.0587. The molecule has 0 bridgehead atoms. The summed E-state index contributed by atoms with van der Waals surface area (Å²) in [4.78, 5) is 29.7. The predicted molar refractivity (Wildman–Crippen MR) is 122 cm³/mol. The molecular formula is C24H18FN3O3S. The fraction of sp³-hybridized carbons (Fsp3) is 0.167. The molecule has 160 valence electrons. The second-order valence-corrected chi connectivity index (χ2v) is 8.61. The molecule has 2 aromatic heterocycles. The minimum absolute atomic E-state index is 0.00526. The second-order valence-electron chi connectivity index (χ2n) is 7.56. The summed E-state index contributed by atoms with van der Waals surface area (Å²) in [6.45, 7) is 1.45. The number of carbonyl (C=O) groups is 1. The van der Waals surface area contributed by atoms with E-state index in [0.29, 0.717) is 18.7 Å². The molecule has 2 aromatic carbocycles. The summed E-state index contributed by atoms with van der Waals surface area (Å²) in [6, 6.07) is 15.6. The SMILES string of the molecule is O=Nc1ccc(Oc2ccnc3cc(-c4ccc(CN5CCCC5=O)cc4)sc23)c(F)c1. The van der Waals surface area contributed by atoms with Crippen molar-refractivity contribution in [2.75, 3.05) is 6.54 Å². The van der Waals surface area contributed by atoms with E-state index < -0.39 is 5.82 Å². The Morgan fingerprint density at radius 2 is 1.94 bits per heavy atom. The summed E-state index contributed by atoms with van der Waals surface area (Å²) < 4.78 is 20.8. The number of rotatable bonds is 6. The van der Waals surface area contributed by atoms with Gasteiger partial charge in [-0.15, -0.1) is 16.2 Å². The van der Waals surface area contributed by atoms with Crippen LogP contribution in [0.15, 0.2) is 66.0 Å². The van der Waals surface area contributed by atoms with E-state index in [2.05, 4.69) is 10.2 Å². The van der Waals surface area contributed by atoms with Gasteiger partial charge >= 0.3 is 0 Å². The molecule has 0 atom stereocenters. The smallest absolute Gasteiger partial charge is 0.222 e. The van der Waals surface area contributed by atoms with Gasteiger partial charge in [0.15, 0.2) is 11.6 Å².